The van der Waals surface area contributed by atoms with Crippen LogP contribution in [0.3, 0.4) is 0 Å². The van der Waals surface area contributed by atoms with Crippen LogP contribution in [-0.4, -0.2) is 28.3 Å². The molecule has 0 radical (unpaired) electrons. The van der Waals surface area contributed by atoms with Gasteiger partial charge in [0, 0.05) is 23.6 Å². The van der Waals surface area contributed by atoms with Crippen LogP contribution in [0.1, 0.15) is 26.5 Å². The summed E-state index contributed by atoms with van der Waals surface area (Å²) in [7, 11) is 0. The molecule has 1 rings (SSSR count). The Labute approximate surface area is 107 Å². The van der Waals surface area contributed by atoms with E-state index in [0.717, 1.165) is 18.0 Å². The predicted molar refractivity (Wildman–Crippen MR) is 72.6 cm³/mol. The Kier molecular flexibility index (Phi) is 5.71. The standard InChI is InChI=1S/C12H21N3OS/c1-5-13-10(8(2)3)7-17-12-14-9(4)6-11(16)15-12/h6,8,10,13H,5,7H2,1-4H3,(H,14,15,16). The van der Waals surface area contributed by atoms with Gasteiger partial charge in [-0.1, -0.05) is 32.5 Å². The Hall–Kier alpha value is -0.810. The largest absolute Gasteiger partial charge is 0.313 e. The van der Waals surface area contributed by atoms with Crippen molar-refractivity contribution in [2.75, 3.05) is 12.3 Å². The van der Waals surface area contributed by atoms with Gasteiger partial charge in [0.15, 0.2) is 5.16 Å². The Morgan fingerprint density at radius 3 is 2.76 bits per heavy atom. The quantitative estimate of drug-likeness (QED) is 0.601. The van der Waals surface area contributed by atoms with Crippen molar-refractivity contribution < 1.29 is 0 Å². The summed E-state index contributed by atoms with van der Waals surface area (Å²) in [5.41, 5.74) is 0.686. The highest BCUT2D eigenvalue weighted by Crippen LogP contribution is 2.16. The molecule has 0 aromatic carbocycles. The molecule has 1 unspecified atom stereocenters. The molecule has 1 aromatic heterocycles. The average molecular weight is 255 g/mol. The average Bonchev–Trinajstić information content (AvgIpc) is 2.22. The van der Waals surface area contributed by atoms with Gasteiger partial charge < -0.3 is 10.3 Å². The van der Waals surface area contributed by atoms with Crippen LogP contribution in [0, 0.1) is 12.8 Å². The molecule has 0 fully saturated rings. The van der Waals surface area contributed by atoms with Crippen LogP contribution in [0.25, 0.3) is 0 Å². The Bertz CT molecular complexity index is 403. The number of nitrogens with one attached hydrogen (secondary N) is 2. The van der Waals surface area contributed by atoms with Crippen LogP contribution in [0.15, 0.2) is 16.0 Å². The lowest BCUT2D eigenvalue weighted by Gasteiger charge is -2.20. The van der Waals surface area contributed by atoms with Gasteiger partial charge in [-0.25, -0.2) is 4.98 Å². The number of hydrogen-bond donors (Lipinski definition) is 2. The molecule has 0 aliphatic carbocycles. The summed E-state index contributed by atoms with van der Waals surface area (Å²) >= 11 is 1.60. The van der Waals surface area contributed by atoms with Gasteiger partial charge in [0.05, 0.1) is 0 Å². The second-order valence-corrected chi connectivity index (χ2v) is 5.42. The van der Waals surface area contributed by atoms with E-state index >= 15 is 0 Å². The highest BCUT2D eigenvalue weighted by atomic mass is 32.2. The maximum absolute atomic E-state index is 11.3. The smallest absolute Gasteiger partial charge is 0.251 e. The fourth-order valence-electron chi connectivity index (χ4n) is 1.54. The third kappa shape index (κ3) is 4.91. The summed E-state index contributed by atoms with van der Waals surface area (Å²) in [5, 5.41) is 4.15. The molecule has 0 spiro atoms. The number of nitrogens with zero attached hydrogens (tertiary/aromatic N) is 1. The van der Waals surface area contributed by atoms with Gasteiger partial charge >= 0.3 is 0 Å². The third-order valence-corrected chi connectivity index (χ3v) is 3.51. The van der Waals surface area contributed by atoms with Crippen LogP contribution in [0.5, 0.6) is 0 Å². The zero-order chi connectivity index (χ0) is 12.8. The molecular weight excluding hydrogens is 234 g/mol. The molecule has 1 atom stereocenters. The number of rotatable bonds is 6. The Morgan fingerprint density at radius 1 is 1.53 bits per heavy atom. The van der Waals surface area contributed by atoms with Gasteiger partial charge in [-0.15, -0.1) is 0 Å². The molecule has 0 bridgehead atoms. The molecule has 96 valence electrons. The van der Waals surface area contributed by atoms with Crippen molar-refractivity contribution >= 4 is 11.8 Å². The van der Waals surface area contributed by atoms with E-state index in [0.29, 0.717) is 17.1 Å². The molecular formula is C12H21N3OS. The molecule has 2 N–H and O–H groups in total. The topological polar surface area (TPSA) is 57.8 Å². The van der Waals surface area contributed by atoms with Crippen molar-refractivity contribution in [3.63, 3.8) is 0 Å². The van der Waals surface area contributed by atoms with E-state index in [4.69, 9.17) is 0 Å². The minimum atomic E-state index is -0.0791. The van der Waals surface area contributed by atoms with E-state index in [1.165, 1.54) is 6.07 Å². The van der Waals surface area contributed by atoms with E-state index in [2.05, 4.69) is 36.1 Å². The molecule has 0 aliphatic heterocycles. The first-order chi connectivity index (χ1) is 8.02. The summed E-state index contributed by atoms with van der Waals surface area (Å²) in [6.45, 7) is 9.29. The van der Waals surface area contributed by atoms with Crippen LogP contribution in [0.4, 0.5) is 0 Å². The molecule has 0 aliphatic rings. The van der Waals surface area contributed by atoms with Gasteiger partial charge in [0.2, 0.25) is 0 Å². The number of aryl methyl sites for hydroxylation is 1. The minimum absolute atomic E-state index is 0.0791. The second kappa shape index (κ2) is 6.81. The first kappa shape index (κ1) is 14.3. The van der Waals surface area contributed by atoms with Crippen LogP contribution < -0.4 is 10.9 Å². The lowest BCUT2D eigenvalue weighted by atomic mass is 10.1. The van der Waals surface area contributed by atoms with Crippen molar-refractivity contribution in [1.82, 2.24) is 15.3 Å². The first-order valence-electron chi connectivity index (χ1n) is 5.97. The summed E-state index contributed by atoms with van der Waals surface area (Å²) < 4.78 is 0. The van der Waals surface area contributed by atoms with Crippen molar-refractivity contribution in [3.05, 3.63) is 22.1 Å². The zero-order valence-corrected chi connectivity index (χ0v) is 11.7. The molecule has 0 amide bonds. The number of aromatic amines is 1. The normalized spacial score (nSPS) is 13.0. The molecule has 17 heavy (non-hydrogen) atoms. The van der Waals surface area contributed by atoms with E-state index < -0.39 is 0 Å². The Balaban J connectivity index is 2.61. The van der Waals surface area contributed by atoms with Crippen molar-refractivity contribution in [2.45, 2.75) is 38.9 Å². The highest BCUT2D eigenvalue weighted by molar-refractivity contribution is 7.99. The van der Waals surface area contributed by atoms with Crippen LogP contribution in [-0.2, 0) is 0 Å². The maximum Gasteiger partial charge on any atom is 0.251 e. The Morgan fingerprint density at radius 2 is 2.24 bits per heavy atom. The first-order valence-corrected chi connectivity index (χ1v) is 6.95. The van der Waals surface area contributed by atoms with E-state index in [9.17, 15) is 4.79 Å². The van der Waals surface area contributed by atoms with Crippen molar-refractivity contribution in [1.29, 1.82) is 0 Å². The van der Waals surface area contributed by atoms with Gasteiger partial charge in [-0.2, -0.15) is 0 Å². The van der Waals surface area contributed by atoms with Gasteiger partial charge in [-0.3, -0.25) is 4.79 Å². The van der Waals surface area contributed by atoms with E-state index in [-0.39, 0.29) is 5.56 Å². The summed E-state index contributed by atoms with van der Waals surface area (Å²) in [5.74, 6) is 1.48. The lowest BCUT2D eigenvalue weighted by Crippen LogP contribution is -2.35. The zero-order valence-electron chi connectivity index (χ0n) is 10.9. The lowest BCUT2D eigenvalue weighted by molar-refractivity contribution is 0.443. The number of hydrogen-bond acceptors (Lipinski definition) is 4. The van der Waals surface area contributed by atoms with Gasteiger partial charge in [0.25, 0.3) is 5.56 Å². The predicted octanol–water partition coefficient (Wildman–Crippen LogP) is 1.80. The molecule has 0 saturated carbocycles. The minimum Gasteiger partial charge on any atom is -0.313 e. The van der Waals surface area contributed by atoms with E-state index in [1.54, 1.807) is 11.8 Å². The monoisotopic (exact) mass is 255 g/mol. The number of H-pyrrole nitrogens is 1. The molecule has 5 heteroatoms. The second-order valence-electron chi connectivity index (χ2n) is 4.41. The third-order valence-electron chi connectivity index (χ3n) is 2.52. The molecule has 1 aromatic rings. The summed E-state index contributed by atoms with van der Waals surface area (Å²) in [4.78, 5) is 18.3. The maximum atomic E-state index is 11.3. The summed E-state index contributed by atoms with van der Waals surface area (Å²) in [6.07, 6.45) is 0. The fourth-order valence-corrected chi connectivity index (χ4v) is 2.76. The molecule has 0 saturated heterocycles. The fraction of sp³-hybridized carbons (Fsp3) is 0.667. The van der Waals surface area contributed by atoms with E-state index in [1.807, 2.05) is 6.92 Å². The van der Waals surface area contributed by atoms with Crippen LogP contribution in [0.2, 0.25) is 0 Å². The van der Waals surface area contributed by atoms with Crippen molar-refractivity contribution in [3.8, 4) is 0 Å². The molecule has 4 nitrogen and oxygen atoms in total. The van der Waals surface area contributed by atoms with Crippen LogP contribution >= 0.6 is 11.8 Å². The number of thioether (sulfide) groups is 1. The highest BCUT2D eigenvalue weighted by Gasteiger charge is 2.12. The molecule has 1 heterocycles. The van der Waals surface area contributed by atoms with Gasteiger partial charge in [0.1, 0.15) is 0 Å². The number of aromatic nitrogens is 2. The summed E-state index contributed by atoms with van der Waals surface area (Å²) in [6, 6.07) is 1.95. The van der Waals surface area contributed by atoms with Crippen molar-refractivity contribution in [2.24, 2.45) is 5.92 Å². The van der Waals surface area contributed by atoms with Gasteiger partial charge in [-0.05, 0) is 19.4 Å². The SMILES string of the molecule is CCNC(CSc1nc(C)cc(=O)[nH]1)C(C)C.